The lowest BCUT2D eigenvalue weighted by Gasteiger charge is -2.11. The van der Waals surface area contributed by atoms with Gasteiger partial charge in [-0.25, -0.2) is 4.79 Å². The van der Waals surface area contributed by atoms with Gasteiger partial charge in [-0.2, -0.15) is 0 Å². The molecule has 0 aliphatic carbocycles. The summed E-state index contributed by atoms with van der Waals surface area (Å²) >= 11 is 0. The highest BCUT2D eigenvalue weighted by Crippen LogP contribution is 2.20. The Bertz CT molecular complexity index is 804. The van der Waals surface area contributed by atoms with Crippen LogP contribution >= 0.6 is 0 Å². The number of furan rings is 2. The largest absolute Gasteiger partial charge is 0.461 e. The van der Waals surface area contributed by atoms with Crippen LogP contribution < -0.4 is 5.32 Å². The third kappa shape index (κ3) is 3.54. The molecule has 124 valence electrons. The van der Waals surface area contributed by atoms with E-state index < -0.39 is 17.9 Å². The van der Waals surface area contributed by atoms with Gasteiger partial charge in [-0.15, -0.1) is 0 Å². The van der Waals surface area contributed by atoms with Gasteiger partial charge >= 0.3 is 5.97 Å². The second-order valence-electron chi connectivity index (χ2n) is 4.94. The van der Waals surface area contributed by atoms with Crippen LogP contribution in [0.3, 0.4) is 0 Å². The maximum atomic E-state index is 11.9. The van der Waals surface area contributed by atoms with Crippen molar-refractivity contribution in [3.05, 3.63) is 54.3 Å². The SMILES string of the molecule is C[C@H](NC(=O)c1ccco1)C(=O)OCc1cc(-c2ccco2)on1. The molecule has 0 aliphatic heterocycles. The maximum absolute atomic E-state index is 11.9. The normalized spacial score (nSPS) is 11.9. The Balaban J connectivity index is 1.51. The molecule has 0 spiro atoms. The number of aromatic nitrogens is 1. The first-order valence-electron chi connectivity index (χ1n) is 7.14. The van der Waals surface area contributed by atoms with Crippen LogP contribution in [-0.4, -0.2) is 23.1 Å². The number of hydrogen-bond acceptors (Lipinski definition) is 7. The Morgan fingerprint density at radius 2 is 2.00 bits per heavy atom. The van der Waals surface area contributed by atoms with E-state index in [1.165, 1.54) is 25.5 Å². The van der Waals surface area contributed by atoms with Crippen molar-refractivity contribution in [1.29, 1.82) is 0 Å². The quantitative estimate of drug-likeness (QED) is 0.691. The molecule has 3 aromatic heterocycles. The lowest BCUT2D eigenvalue weighted by molar-refractivity contribution is -0.146. The van der Waals surface area contributed by atoms with Crippen LogP contribution in [0.4, 0.5) is 0 Å². The van der Waals surface area contributed by atoms with E-state index in [9.17, 15) is 9.59 Å². The Morgan fingerprint density at radius 3 is 2.71 bits per heavy atom. The summed E-state index contributed by atoms with van der Waals surface area (Å²) in [7, 11) is 0. The fourth-order valence-electron chi connectivity index (χ4n) is 1.92. The van der Waals surface area contributed by atoms with Crippen molar-refractivity contribution in [3.8, 4) is 11.5 Å². The third-order valence-corrected chi connectivity index (χ3v) is 3.13. The second-order valence-corrected chi connectivity index (χ2v) is 4.94. The van der Waals surface area contributed by atoms with E-state index in [-0.39, 0.29) is 12.4 Å². The molecule has 0 bridgehead atoms. The van der Waals surface area contributed by atoms with Crippen LogP contribution in [0.25, 0.3) is 11.5 Å². The van der Waals surface area contributed by atoms with Crippen LogP contribution in [0, 0.1) is 0 Å². The monoisotopic (exact) mass is 330 g/mol. The minimum absolute atomic E-state index is 0.0794. The molecule has 0 unspecified atom stereocenters. The first kappa shape index (κ1) is 15.6. The summed E-state index contributed by atoms with van der Waals surface area (Å²) in [6, 6.07) is 7.30. The Morgan fingerprint density at radius 1 is 1.21 bits per heavy atom. The average Bonchev–Trinajstić information content (AvgIpc) is 3.34. The van der Waals surface area contributed by atoms with Gasteiger partial charge in [0.05, 0.1) is 12.5 Å². The molecule has 0 saturated heterocycles. The van der Waals surface area contributed by atoms with Crippen molar-refractivity contribution in [3.63, 3.8) is 0 Å². The molecule has 0 radical (unpaired) electrons. The zero-order valence-electron chi connectivity index (χ0n) is 12.7. The first-order valence-corrected chi connectivity index (χ1v) is 7.14. The highest BCUT2D eigenvalue weighted by Gasteiger charge is 2.20. The highest BCUT2D eigenvalue weighted by atomic mass is 16.5. The molecule has 0 aromatic carbocycles. The molecule has 1 amide bonds. The molecule has 1 atom stereocenters. The zero-order valence-corrected chi connectivity index (χ0v) is 12.7. The van der Waals surface area contributed by atoms with Gasteiger partial charge in [0.2, 0.25) is 5.76 Å². The predicted molar refractivity (Wildman–Crippen MR) is 79.6 cm³/mol. The Kier molecular flexibility index (Phi) is 4.46. The lowest BCUT2D eigenvalue weighted by Crippen LogP contribution is -2.39. The maximum Gasteiger partial charge on any atom is 0.328 e. The molecule has 8 heteroatoms. The van der Waals surface area contributed by atoms with E-state index in [0.29, 0.717) is 17.2 Å². The zero-order chi connectivity index (χ0) is 16.9. The van der Waals surface area contributed by atoms with Crippen LogP contribution in [-0.2, 0) is 16.1 Å². The van der Waals surface area contributed by atoms with Crippen LogP contribution in [0.15, 0.2) is 56.2 Å². The van der Waals surface area contributed by atoms with E-state index in [2.05, 4.69) is 10.5 Å². The topological polar surface area (TPSA) is 108 Å². The van der Waals surface area contributed by atoms with Gasteiger partial charge in [0.15, 0.2) is 11.5 Å². The molecule has 8 nitrogen and oxygen atoms in total. The van der Waals surface area contributed by atoms with Crippen molar-refractivity contribution >= 4 is 11.9 Å². The molecule has 0 saturated carbocycles. The summed E-state index contributed by atoms with van der Waals surface area (Å²) < 4.78 is 20.3. The van der Waals surface area contributed by atoms with Gasteiger partial charge in [-0.05, 0) is 31.2 Å². The lowest BCUT2D eigenvalue weighted by atomic mass is 10.3. The predicted octanol–water partition coefficient (Wildman–Crippen LogP) is 2.39. The van der Waals surface area contributed by atoms with Gasteiger partial charge < -0.3 is 23.4 Å². The number of hydrogen-bond donors (Lipinski definition) is 1. The summed E-state index contributed by atoms with van der Waals surface area (Å²) in [6.07, 6.45) is 2.89. The van der Waals surface area contributed by atoms with Gasteiger partial charge in [0.1, 0.15) is 18.3 Å². The number of carbonyl (C=O) groups excluding carboxylic acids is 2. The van der Waals surface area contributed by atoms with Crippen molar-refractivity contribution in [2.75, 3.05) is 0 Å². The summed E-state index contributed by atoms with van der Waals surface area (Å²) in [5.74, 6) is -0.0120. The molecule has 1 N–H and O–H groups in total. The molecule has 0 fully saturated rings. The van der Waals surface area contributed by atoms with Gasteiger partial charge in [0.25, 0.3) is 5.91 Å². The van der Waals surface area contributed by atoms with Crippen molar-refractivity contribution in [1.82, 2.24) is 10.5 Å². The second kappa shape index (κ2) is 6.86. The standard InChI is InChI=1S/C16H14N2O6/c1-10(17-15(19)13-5-3-7-22-13)16(20)23-9-11-8-14(24-18-11)12-4-2-6-21-12/h2-8,10H,9H2,1H3,(H,17,19)/t10-/m0/s1. The van der Waals surface area contributed by atoms with Crippen LogP contribution in [0.2, 0.25) is 0 Å². The van der Waals surface area contributed by atoms with Gasteiger partial charge in [0, 0.05) is 6.07 Å². The van der Waals surface area contributed by atoms with E-state index in [0.717, 1.165) is 0 Å². The van der Waals surface area contributed by atoms with Crippen molar-refractivity contribution in [2.24, 2.45) is 0 Å². The summed E-state index contributed by atoms with van der Waals surface area (Å²) in [5, 5.41) is 6.27. The van der Waals surface area contributed by atoms with E-state index in [1.54, 1.807) is 24.3 Å². The van der Waals surface area contributed by atoms with Crippen LogP contribution in [0.1, 0.15) is 23.2 Å². The minimum Gasteiger partial charge on any atom is -0.461 e. The molecule has 0 aliphatic rings. The van der Waals surface area contributed by atoms with Crippen LogP contribution in [0.5, 0.6) is 0 Å². The number of ether oxygens (including phenoxy) is 1. The summed E-state index contributed by atoms with van der Waals surface area (Å²) in [6.45, 7) is 1.43. The molecular formula is C16H14N2O6. The van der Waals surface area contributed by atoms with Crippen molar-refractivity contribution < 1.29 is 27.7 Å². The molecule has 3 aromatic rings. The third-order valence-electron chi connectivity index (χ3n) is 3.13. The number of rotatable bonds is 6. The summed E-state index contributed by atoms with van der Waals surface area (Å²) in [5.41, 5.74) is 0.430. The van der Waals surface area contributed by atoms with Gasteiger partial charge in [-0.3, -0.25) is 4.79 Å². The number of nitrogens with one attached hydrogen (secondary N) is 1. The molecular weight excluding hydrogens is 316 g/mol. The fraction of sp³-hybridized carbons (Fsp3) is 0.188. The minimum atomic E-state index is -0.834. The van der Waals surface area contributed by atoms with E-state index in [1.807, 2.05) is 0 Å². The smallest absolute Gasteiger partial charge is 0.328 e. The highest BCUT2D eigenvalue weighted by molar-refractivity contribution is 5.94. The number of nitrogens with zero attached hydrogens (tertiary/aromatic N) is 1. The number of esters is 1. The molecule has 3 rings (SSSR count). The first-order chi connectivity index (χ1) is 11.6. The molecule has 3 heterocycles. The van der Waals surface area contributed by atoms with Gasteiger partial charge in [-0.1, -0.05) is 5.16 Å². The number of amides is 1. The Hall–Kier alpha value is -3.29. The van der Waals surface area contributed by atoms with E-state index in [4.69, 9.17) is 18.1 Å². The Labute approximate surface area is 136 Å². The van der Waals surface area contributed by atoms with E-state index >= 15 is 0 Å². The summed E-state index contributed by atoms with van der Waals surface area (Å²) in [4.78, 5) is 23.7. The fourth-order valence-corrected chi connectivity index (χ4v) is 1.92. The molecule has 24 heavy (non-hydrogen) atoms. The van der Waals surface area contributed by atoms with Crippen molar-refractivity contribution in [2.45, 2.75) is 19.6 Å². The average molecular weight is 330 g/mol. The number of carbonyl (C=O) groups is 2.